The highest BCUT2D eigenvalue weighted by molar-refractivity contribution is 6.00. The summed E-state index contributed by atoms with van der Waals surface area (Å²) in [5.74, 6) is -1.29. The van der Waals surface area contributed by atoms with E-state index >= 15 is 0 Å². The van der Waals surface area contributed by atoms with Crippen LogP contribution in [0.2, 0.25) is 0 Å². The van der Waals surface area contributed by atoms with Crippen LogP contribution in [0.4, 0.5) is 9.18 Å². The second-order valence-corrected chi connectivity index (χ2v) is 6.83. The molecular formula is C18H15FN6O2. The van der Waals surface area contributed by atoms with Crippen molar-refractivity contribution >= 4 is 17.6 Å². The van der Waals surface area contributed by atoms with E-state index in [1.165, 1.54) is 0 Å². The number of hydrogen-bond acceptors (Lipinski definition) is 5. The van der Waals surface area contributed by atoms with E-state index < -0.39 is 23.8 Å². The molecule has 8 nitrogen and oxygen atoms in total. The molecule has 136 valence electrons. The highest BCUT2D eigenvalue weighted by Crippen LogP contribution is 2.55. The lowest BCUT2D eigenvalue weighted by atomic mass is 9.99. The van der Waals surface area contributed by atoms with Gasteiger partial charge in [0, 0.05) is 24.5 Å². The number of halogens is 1. The van der Waals surface area contributed by atoms with E-state index in [4.69, 9.17) is 0 Å². The molecule has 0 radical (unpaired) electrons. The molecule has 1 aliphatic carbocycles. The Morgan fingerprint density at radius 3 is 2.89 bits per heavy atom. The van der Waals surface area contributed by atoms with E-state index in [-0.39, 0.29) is 18.4 Å². The fourth-order valence-corrected chi connectivity index (χ4v) is 3.70. The Kier molecular flexibility index (Phi) is 3.43. The van der Waals surface area contributed by atoms with Crippen molar-refractivity contribution in [3.8, 4) is 0 Å². The van der Waals surface area contributed by atoms with Crippen LogP contribution in [0.3, 0.4) is 0 Å². The first-order valence-electron chi connectivity index (χ1n) is 8.64. The Bertz CT molecular complexity index is 1070. The van der Waals surface area contributed by atoms with Gasteiger partial charge in [0.15, 0.2) is 5.65 Å². The molecule has 3 aromatic heterocycles. The van der Waals surface area contributed by atoms with E-state index in [0.717, 1.165) is 28.3 Å². The molecule has 3 aromatic rings. The summed E-state index contributed by atoms with van der Waals surface area (Å²) in [6.07, 6.45) is 5.58. The Morgan fingerprint density at radius 2 is 2.11 bits per heavy atom. The molecule has 2 N–H and O–H groups in total. The predicted molar refractivity (Wildman–Crippen MR) is 91.6 cm³/mol. The zero-order valence-corrected chi connectivity index (χ0v) is 14.1. The first-order chi connectivity index (χ1) is 13.1. The van der Waals surface area contributed by atoms with Crippen molar-refractivity contribution in [2.45, 2.75) is 24.2 Å². The molecule has 1 unspecified atom stereocenters. The molecule has 0 spiro atoms. The third kappa shape index (κ3) is 2.62. The maximum atomic E-state index is 14.2. The van der Waals surface area contributed by atoms with Crippen molar-refractivity contribution in [3.63, 3.8) is 0 Å². The largest absolute Gasteiger partial charge is 0.337 e. The van der Waals surface area contributed by atoms with Gasteiger partial charge in [-0.1, -0.05) is 6.07 Å². The molecule has 2 aliphatic rings. The zero-order valence-electron chi connectivity index (χ0n) is 14.1. The number of rotatable bonds is 3. The summed E-state index contributed by atoms with van der Waals surface area (Å²) in [4.78, 5) is 31.9. The molecule has 3 atom stereocenters. The topological polar surface area (TPSA) is 101 Å². The van der Waals surface area contributed by atoms with Gasteiger partial charge in [0.25, 0.3) is 0 Å². The minimum absolute atomic E-state index is 0.121. The SMILES string of the molecule is O=C1NCC(c2cc([C@H]3C[C@@H]3c3cccnc3)c3ncc(F)n3n2)C(=O)N1. The van der Waals surface area contributed by atoms with Crippen molar-refractivity contribution in [1.82, 2.24) is 30.2 Å². The number of fused-ring (bicyclic) bond motifs is 1. The van der Waals surface area contributed by atoms with E-state index in [0.29, 0.717) is 11.3 Å². The normalized spacial score (nSPS) is 24.6. The molecule has 0 bridgehead atoms. The number of pyridine rings is 1. The Balaban J connectivity index is 1.56. The Hall–Kier alpha value is -3.36. The van der Waals surface area contributed by atoms with E-state index in [9.17, 15) is 14.0 Å². The molecule has 5 rings (SSSR count). The van der Waals surface area contributed by atoms with Gasteiger partial charge in [-0.25, -0.2) is 9.78 Å². The van der Waals surface area contributed by atoms with Gasteiger partial charge < -0.3 is 5.32 Å². The summed E-state index contributed by atoms with van der Waals surface area (Å²) < 4.78 is 15.3. The summed E-state index contributed by atoms with van der Waals surface area (Å²) in [5, 5.41) is 9.06. The minimum Gasteiger partial charge on any atom is -0.337 e. The summed E-state index contributed by atoms with van der Waals surface area (Å²) >= 11 is 0. The second kappa shape index (κ2) is 5.83. The van der Waals surface area contributed by atoms with Crippen LogP contribution in [0.1, 0.15) is 41.0 Å². The van der Waals surface area contributed by atoms with Crippen LogP contribution in [-0.4, -0.2) is 38.1 Å². The number of imide groups is 1. The first kappa shape index (κ1) is 15.9. The number of aromatic nitrogens is 4. The van der Waals surface area contributed by atoms with Gasteiger partial charge in [-0.05, 0) is 36.0 Å². The van der Waals surface area contributed by atoms with Crippen LogP contribution in [0, 0.1) is 5.95 Å². The third-order valence-corrected chi connectivity index (χ3v) is 5.15. The molecule has 2 fully saturated rings. The number of nitrogens with zero attached hydrogens (tertiary/aromatic N) is 4. The molecule has 0 aromatic carbocycles. The minimum atomic E-state index is -0.678. The van der Waals surface area contributed by atoms with Crippen LogP contribution in [0.15, 0.2) is 36.8 Å². The lowest BCUT2D eigenvalue weighted by molar-refractivity contribution is -0.122. The maximum Gasteiger partial charge on any atom is 0.321 e. The number of carbonyl (C=O) groups excluding carboxylic acids is 2. The Morgan fingerprint density at radius 1 is 1.22 bits per heavy atom. The van der Waals surface area contributed by atoms with Crippen molar-refractivity contribution < 1.29 is 14.0 Å². The predicted octanol–water partition coefficient (Wildman–Crippen LogP) is 1.46. The monoisotopic (exact) mass is 366 g/mol. The molecule has 27 heavy (non-hydrogen) atoms. The molecule has 1 saturated heterocycles. The number of carbonyl (C=O) groups is 2. The fraction of sp³-hybridized carbons (Fsp3) is 0.278. The smallest absolute Gasteiger partial charge is 0.321 e. The molecule has 9 heteroatoms. The van der Waals surface area contributed by atoms with Crippen LogP contribution in [0.25, 0.3) is 5.65 Å². The van der Waals surface area contributed by atoms with Crippen molar-refractivity contribution in [3.05, 3.63) is 59.6 Å². The number of amides is 3. The number of nitrogens with one attached hydrogen (secondary N) is 2. The van der Waals surface area contributed by atoms with Crippen LogP contribution in [-0.2, 0) is 4.79 Å². The first-order valence-corrected chi connectivity index (χ1v) is 8.64. The maximum absolute atomic E-state index is 14.2. The van der Waals surface area contributed by atoms with Crippen LogP contribution < -0.4 is 10.6 Å². The van der Waals surface area contributed by atoms with Gasteiger partial charge in [0.2, 0.25) is 11.9 Å². The quantitative estimate of drug-likeness (QED) is 0.731. The Labute approximate surface area is 152 Å². The fourth-order valence-electron chi connectivity index (χ4n) is 3.70. The van der Waals surface area contributed by atoms with Crippen LogP contribution in [0.5, 0.6) is 0 Å². The molecule has 4 heterocycles. The average Bonchev–Trinajstić information content (AvgIpc) is 3.39. The van der Waals surface area contributed by atoms with Gasteiger partial charge in [-0.3, -0.25) is 15.1 Å². The summed E-state index contributed by atoms with van der Waals surface area (Å²) in [5.41, 5.74) is 2.83. The lowest BCUT2D eigenvalue weighted by Gasteiger charge is -2.22. The lowest BCUT2D eigenvalue weighted by Crippen LogP contribution is -2.51. The molecule has 3 amide bonds. The van der Waals surface area contributed by atoms with Crippen molar-refractivity contribution in [1.29, 1.82) is 0 Å². The number of imidazole rings is 1. The van der Waals surface area contributed by atoms with E-state index in [2.05, 4.69) is 25.7 Å². The molecular weight excluding hydrogens is 351 g/mol. The average molecular weight is 366 g/mol. The zero-order chi connectivity index (χ0) is 18.5. The van der Waals surface area contributed by atoms with Crippen molar-refractivity contribution in [2.24, 2.45) is 0 Å². The molecule has 1 aliphatic heterocycles. The summed E-state index contributed by atoms with van der Waals surface area (Å²) in [7, 11) is 0. The van der Waals surface area contributed by atoms with Gasteiger partial charge >= 0.3 is 6.03 Å². The summed E-state index contributed by atoms with van der Waals surface area (Å²) in [6, 6.07) is 5.19. The van der Waals surface area contributed by atoms with Crippen molar-refractivity contribution in [2.75, 3.05) is 6.54 Å². The standard InChI is InChI=1S/C18H15FN6O2/c19-15-8-21-16-12(11-4-10(11)9-2-1-3-20-6-9)5-14(24-25(15)16)13-7-22-18(27)23-17(13)26/h1-3,5-6,8,10-11,13H,4,7H2,(H2,22,23,26,27)/t10-,11+,13?/m1/s1. The second-order valence-electron chi connectivity index (χ2n) is 6.83. The van der Waals surface area contributed by atoms with Crippen LogP contribution >= 0.6 is 0 Å². The van der Waals surface area contributed by atoms with Gasteiger partial charge in [0.05, 0.1) is 17.8 Å². The highest BCUT2D eigenvalue weighted by atomic mass is 19.1. The highest BCUT2D eigenvalue weighted by Gasteiger charge is 2.42. The van der Waals surface area contributed by atoms with Gasteiger partial charge in [-0.15, -0.1) is 0 Å². The third-order valence-electron chi connectivity index (χ3n) is 5.15. The van der Waals surface area contributed by atoms with E-state index in [1.807, 2.05) is 24.4 Å². The molecule has 1 saturated carbocycles. The number of urea groups is 1. The van der Waals surface area contributed by atoms with Gasteiger partial charge in [-0.2, -0.15) is 14.0 Å². The van der Waals surface area contributed by atoms with E-state index in [1.54, 1.807) is 6.20 Å². The summed E-state index contributed by atoms with van der Waals surface area (Å²) in [6.45, 7) is 0.121. The van der Waals surface area contributed by atoms with Gasteiger partial charge in [0.1, 0.15) is 0 Å². The number of hydrogen-bond donors (Lipinski definition) is 2.